The van der Waals surface area contributed by atoms with Crippen LogP contribution in [0.15, 0.2) is 48.8 Å². The summed E-state index contributed by atoms with van der Waals surface area (Å²) in [6, 6.07) is 10.9. The molecule has 0 amide bonds. The van der Waals surface area contributed by atoms with Crippen molar-refractivity contribution in [2.45, 2.75) is 25.7 Å². The van der Waals surface area contributed by atoms with E-state index in [0.717, 1.165) is 5.56 Å². The van der Waals surface area contributed by atoms with E-state index in [1.165, 1.54) is 0 Å². The SMILES string of the molecule is C=C(Nc1cc2[nH]nc(OCCO)c2c(CO)n1)N[C@@H](c1ccccc1)[C@H](C)O. The molecule has 0 spiro atoms. The van der Waals surface area contributed by atoms with E-state index in [4.69, 9.17) is 9.84 Å². The van der Waals surface area contributed by atoms with Crippen LogP contribution in [0.4, 0.5) is 5.82 Å². The number of aromatic nitrogens is 3. The lowest BCUT2D eigenvalue weighted by molar-refractivity contribution is 0.151. The Morgan fingerprint density at radius 2 is 2.03 bits per heavy atom. The van der Waals surface area contributed by atoms with Gasteiger partial charge in [-0.3, -0.25) is 5.10 Å². The van der Waals surface area contributed by atoms with Gasteiger partial charge in [0.25, 0.3) is 0 Å². The fourth-order valence-corrected chi connectivity index (χ4v) is 3.04. The van der Waals surface area contributed by atoms with E-state index in [0.29, 0.717) is 28.2 Å². The van der Waals surface area contributed by atoms with E-state index in [2.05, 4.69) is 32.4 Å². The number of rotatable bonds is 10. The summed E-state index contributed by atoms with van der Waals surface area (Å²) in [6.07, 6.45) is -0.654. The molecule has 0 aliphatic heterocycles. The molecule has 2 atom stereocenters. The van der Waals surface area contributed by atoms with Crippen LogP contribution in [0, 0.1) is 0 Å². The molecule has 154 valence electrons. The van der Waals surface area contributed by atoms with Crippen LogP contribution >= 0.6 is 0 Å². The predicted molar refractivity (Wildman–Crippen MR) is 109 cm³/mol. The molecule has 1 aromatic carbocycles. The third kappa shape index (κ3) is 4.83. The zero-order valence-electron chi connectivity index (χ0n) is 16.1. The molecule has 2 heterocycles. The molecule has 0 unspecified atom stereocenters. The van der Waals surface area contributed by atoms with Crippen LogP contribution in [-0.2, 0) is 6.61 Å². The molecule has 0 aliphatic rings. The number of pyridine rings is 1. The van der Waals surface area contributed by atoms with Crippen molar-refractivity contribution in [2.24, 2.45) is 0 Å². The number of benzene rings is 1. The summed E-state index contributed by atoms with van der Waals surface area (Å²) in [5.74, 6) is 1.15. The van der Waals surface area contributed by atoms with Gasteiger partial charge in [0, 0.05) is 6.07 Å². The highest BCUT2D eigenvalue weighted by atomic mass is 16.5. The number of anilines is 1. The molecule has 0 radical (unpaired) electrons. The van der Waals surface area contributed by atoms with Crippen LogP contribution in [-0.4, -0.2) is 49.8 Å². The summed E-state index contributed by atoms with van der Waals surface area (Å²) in [5.41, 5.74) is 1.90. The molecular formula is C20H25N5O4. The number of ether oxygens (including phenoxy) is 1. The molecule has 9 nitrogen and oxygen atoms in total. The Kier molecular flexibility index (Phi) is 6.65. The molecule has 2 aromatic heterocycles. The molecule has 0 bridgehead atoms. The Bertz CT molecular complexity index is 958. The summed E-state index contributed by atoms with van der Waals surface area (Å²) >= 11 is 0. The Balaban J connectivity index is 1.79. The topological polar surface area (TPSA) is 136 Å². The van der Waals surface area contributed by atoms with Crippen LogP contribution in [0.3, 0.4) is 0 Å². The van der Waals surface area contributed by atoms with E-state index in [1.54, 1.807) is 13.0 Å². The third-order valence-electron chi connectivity index (χ3n) is 4.32. The van der Waals surface area contributed by atoms with Crippen molar-refractivity contribution in [1.29, 1.82) is 0 Å². The number of aliphatic hydroxyl groups is 3. The van der Waals surface area contributed by atoms with Gasteiger partial charge in [-0.25, -0.2) is 4.98 Å². The minimum atomic E-state index is -0.654. The normalized spacial score (nSPS) is 13.1. The molecular weight excluding hydrogens is 374 g/mol. The number of hydrogen-bond acceptors (Lipinski definition) is 8. The summed E-state index contributed by atoms with van der Waals surface area (Å²) in [5, 5.41) is 42.5. The quantitative estimate of drug-likeness (QED) is 0.301. The standard InChI is InChI=1S/C20H25N5O4/c1-12(28)19(14-6-4-3-5-7-14)22-13(2)21-17-10-15-18(16(11-27)23-17)20(25-24-15)29-9-8-26/h3-7,10,12,19,22,26-28H,2,8-9,11H2,1H3,(H,21,23)(H,24,25)/t12-,19+/m0/s1. The number of aliphatic hydroxyl groups excluding tert-OH is 3. The van der Waals surface area contributed by atoms with Crippen molar-refractivity contribution in [1.82, 2.24) is 20.5 Å². The lowest BCUT2D eigenvalue weighted by atomic mass is 10.0. The Hall–Kier alpha value is -3.14. The maximum Gasteiger partial charge on any atom is 0.242 e. The minimum absolute atomic E-state index is 0.0891. The highest BCUT2D eigenvalue weighted by Gasteiger charge is 2.19. The van der Waals surface area contributed by atoms with Gasteiger partial charge in [0.05, 0.1) is 47.8 Å². The molecule has 6 N–H and O–H groups in total. The van der Waals surface area contributed by atoms with Gasteiger partial charge in [-0.05, 0) is 12.5 Å². The van der Waals surface area contributed by atoms with Gasteiger partial charge in [0.15, 0.2) is 0 Å². The maximum atomic E-state index is 10.2. The molecule has 29 heavy (non-hydrogen) atoms. The Labute approximate surface area is 168 Å². The number of H-pyrrole nitrogens is 1. The number of fused-ring (bicyclic) bond motifs is 1. The van der Waals surface area contributed by atoms with E-state index in [1.807, 2.05) is 30.3 Å². The molecule has 0 aliphatic carbocycles. The second kappa shape index (κ2) is 9.37. The second-order valence-electron chi connectivity index (χ2n) is 6.51. The van der Waals surface area contributed by atoms with Gasteiger partial charge in [0.2, 0.25) is 5.88 Å². The summed E-state index contributed by atoms with van der Waals surface area (Å²) in [6.45, 7) is 5.29. The van der Waals surface area contributed by atoms with Crippen molar-refractivity contribution in [3.8, 4) is 5.88 Å². The monoisotopic (exact) mass is 399 g/mol. The van der Waals surface area contributed by atoms with Crippen LogP contribution < -0.4 is 15.4 Å². The lowest BCUT2D eigenvalue weighted by Gasteiger charge is -2.24. The van der Waals surface area contributed by atoms with Crippen LogP contribution in [0.1, 0.15) is 24.2 Å². The van der Waals surface area contributed by atoms with Gasteiger partial charge in [-0.2, -0.15) is 0 Å². The third-order valence-corrected chi connectivity index (χ3v) is 4.32. The van der Waals surface area contributed by atoms with E-state index >= 15 is 0 Å². The van der Waals surface area contributed by atoms with Gasteiger partial charge in [-0.1, -0.05) is 36.9 Å². The summed E-state index contributed by atoms with van der Waals surface area (Å²) < 4.78 is 5.38. The largest absolute Gasteiger partial charge is 0.474 e. The van der Waals surface area contributed by atoms with E-state index in [-0.39, 0.29) is 31.7 Å². The first-order valence-corrected chi connectivity index (χ1v) is 9.21. The fraction of sp³-hybridized carbons (Fsp3) is 0.300. The molecule has 0 saturated heterocycles. The van der Waals surface area contributed by atoms with Crippen molar-refractivity contribution in [3.63, 3.8) is 0 Å². The van der Waals surface area contributed by atoms with Gasteiger partial charge in [-0.15, -0.1) is 5.10 Å². The summed E-state index contributed by atoms with van der Waals surface area (Å²) in [4.78, 5) is 4.40. The molecule has 9 heteroatoms. The lowest BCUT2D eigenvalue weighted by Crippen LogP contribution is -2.32. The van der Waals surface area contributed by atoms with Crippen LogP contribution in [0.5, 0.6) is 5.88 Å². The van der Waals surface area contributed by atoms with Gasteiger partial charge < -0.3 is 30.7 Å². The molecule has 0 saturated carbocycles. The summed E-state index contributed by atoms with van der Waals surface area (Å²) in [7, 11) is 0. The van der Waals surface area contributed by atoms with Crippen molar-refractivity contribution in [3.05, 3.63) is 60.1 Å². The first-order chi connectivity index (χ1) is 14.0. The van der Waals surface area contributed by atoms with Crippen molar-refractivity contribution < 1.29 is 20.1 Å². The highest BCUT2D eigenvalue weighted by Crippen LogP contribution is 2.28. The van der Waals surface area contributed by atoms with E-state index in [9.17, 15) is 10.2 Å². The predicted octanol–water partition coefficient (Wildman–Crippen LogP) is 1.42. The Morgan fingerprint density at radius 1 is 1.28 bits per heavy atom. The average molecular weight is 399 g/mol. The Morgan fingerprint density at radius 3 is 2.69 bits per heavy atom. The number of hydrogen-bond donors (Lipinski definition) is 6. The first kappa shape index (κ1) is 20.6. The molecule has 0 fully saturated rings. The van der Waals surface area contributed by atoms with Crippen molar-refractivity contribution in [2.75, 3.05) is 18.5 Å². The van der Waals surface area contributed by atoms with Gasteiger partial charge in [0.1, 0.15) is 12.4 Å². The zero-order valence-corrected chi connectivity index (χ0v) is 16.1. The number of nitrogens with one attached hydrogen (secondary N) is 3. The maximum absolute atomic E-state index is 10.2. The van der Waals surface area contributed by atoms with Crippen molar-refractivity contribution >= 4 is 16.7 Å². The molecule has 3 rings (SSSR count). The second-order valence-corrected chi connectivity index (χ2v) is 6.51. The van der Waals surface area contributed by atoms with Crippen LogP contribution in [0.2, 0.25) is 0 Å². The smallest absolute Gasteiger partial charge is 0.242 e. The zero-order chi connectivity index (χ0) is 20.8. The van der Waals surface area contributed by atoms with E-state index < -0.39 is 6.10 Å². The average Bonchev–Trinajstić information content (AvgIpc) is 3.13. The highest BCUT2D eigenvalue weighted by molar-refractivity contribution is 5.88. The first-order valence-electron chi connectivity index (χ1n) is 9.21. The minimum Gasteiger partial charge on any atom is -0.474 e. The molecule has 3 aromatic rings. The number of aromatic amines is 1. The van der Waals surface area contributed by atoms with Crippen LogP contribution in [0.25, 0.3) is 10.9 Å². The number of nitrogens with zero attached hydrogens (tertiary/aromatic N) is 2. The fourth-order valence-electron chi connectivity index (χ4n) is 3.04. The van der Waals surface area contributed by atoms with Gasteiger partial charge >= 0.3 is 0 Å².